The quantitative estimate of drug-likeness (QED) is 0.328. The molecule has 160 valence electrons. The summed E-state index contributed by atoms with van der Waals surface area (Å²) in [5, 5.41) is 0.288. The van der Waals surface area contributed by atoms with E-state index in [2.05, 4.69) is 14.7 Å². The highest BCUT2D eigenvalue weighted by Gasteiger charge is 2.43. The van der Waals surface area contributed by atoms with E-state index in [0.29, 0.717) is 22.3 Å². The number of benzene rings is 2. The minimum absolute atomic E-state index is 0.135. The normalized spacial score (nSPS) is 11.3. The lowest BCUT2D eigenvalue weighted by atomic mass is 9.92. The number of aromatic nitrogens is 2. The van der Waals surface area contributed by atoms with Gasteiger partial charge in [-0.3, -0.25) is 4.98 Å². The molecule has 0 amide bonds. The average Bonchev–Trinajstić information content (AvgIpc) is 2.79. The van der Waals surface area contributed by atoms with Crippen LogP contribution >= 0.6 is 0 Å². The van der Waals surface area contributed by atoms with Crippen molar-refractivity contribution < 1.29 is 27.5 Å². The van der Waals surface area contributed by atoms with Crippen molar-refractivity contribution in [1.82, 2.24) is 9.97 Å². The fourth-order valence-electron chi connectivity index (χ4n) is 3.39. The lowest BCUT2D eigenvalue weighted by molar-refractivity contribution is -0.193. The van der Waals surface area contributed by atoms with Crippen molar-refractivity contribution in [2.75, 3.05) is 0 Å². The summed E-state index contributed by atoms with van der Waals surface area (Å²) in [7, 11) is 0. The maximum absolute atomic E-state index is 12.9. The number of fused-ring (bicyclic) bond motifs is 1. The van der Waals surface area contributed by atoms with Crippen LogP contribution in [-0.4, -0.2) is 28.1 Å². The molecular weight excluding hydrogens is 421 g/mol. The van der Waals surface area contributed by atoms with E-state index < -0.39 is 18.1 Å². The van der Waals surface area contributed by atoms with Crippen molar-refractivity contribution in [3.63, 3.8) is 0 Å². The minimum Gasteiger partial charge on any atom is -0.383 e. The van der Waals surface area contributed by atoms with Gasteiger partial charge in [-0.2, -0.15) is 13.2 Å². The predicted molar refractivity (Wildman–Crippen MR) is 111 cm³/mol. The number of nitrogens with zero attached hydrogens (tertiary/aromatic N) is 2. The molecule has 0 atom stereocenters. The molecule has 0 saturated carbocycles. The van der Waals surface area contributed by atoms with Gasteiger partial charge >= 0.3 is 18.1 Å². The number of alkyl halides is 3. The summed E-state index contributed by atoms with van der Waals surface area (Å²) in [6, 6.07) is 18.9. The highest BCUT2D eigenvalue weighted by atomic mass is 19.4. The first-order valence-electron chi connectivity index (χ1n) is 9.54. The van der Waals surface area contributed by atoms with E-state index in [1.54, 1.807) is 73.1 Å². The van der Waals surface area contributed by atoms with Crippen LogP contribution in [0, 0.1) is 0 Å². The molecule has 0 spiro atoms. The lowest BCUT2D eigenvalue weighted by Crippen LogP contribution is -2.28. The van der Waals surface area contributed by atoms with E-state index in [1.165, 1.54) is 0 Å². The zero-order valence-corrected chi connectivity index (χ0v) is 16.5. The van der Waals surface area contributed by atoms with Crippen LogP contribution in [-0.2, 0) is 16.0 Å². The van der Waals surface area contributed by atoms with Crippen LogP contribution in [0.25, 0.3) is 22.2 Å². The second kappa shape index (κ2) is 8.58. The van der Waals surface area contributed by atoms with Crippen molar-refractivity contribution in [3.05, 3.63) is 95.8 Å². The third kappa shape index (κ3) is 4.34. The molecule has 2 aromatic heterocycles. The molecule has 5 nitrogen and oxygen atoms in total. The molecule has 0 radical (unpaired) electrons. The predicted octanol–water partition coefficient (Wildman–Crippen LogP) is 5.13. The third-order valence-electron chi connectivity index (χ3n) is 4.79. The van der Waals surface area contributed by atoms with Crippen LogP contribution in [0.15, 0.2) is 79.1 Å². The van der Waals surface area contributed by atoms with Crippen molar-refractivity contribution in [3.8, 4) is 11.3 Å². The molecule has 0 aliphatic carbocycles. The van der Waals surface area contributed by atoms with Crippen LogP contribution in [0.4, 0.5) is 13.2 Å². The summed E-state index contributed by atoms with van der Waals surface area (Å²) in [5.74, 6) is -3.95. The maximum Gasteiger partial charge on any atom is 0.491 e. The zero-order chi connectivity index (χ0) is 22.7. The van der Waals surface area contributed by atoms with E-state index in [4.69, 9.17) is 0 Å². The van der Waals surface area contributed by atoms with Crippen molar-refractivity contribution in [1.29, 1.82) is 0 Å². The molecule has 0 fully saturated rings. The third-order valence-corrected chi connectivity index (χ3v) is 4.79. The molecule has 4 aromatic rings. The lowest BCUT2D eigenvalue weighted by Gasteiger charge is -2.17. The molecule has 2 heterocycles. The Labute approximate surface area is 180 Å². The number of rotatable bonds is 4. The number of halogens is 3. The largest absolute Gasteiger partial charge is 0.491 e. The van der Waals surface area contributed by atoms with Gasteiger partial charge in [0.1, 0.15) is 0 Å². The molecule has 0 aliphatic heterocycles. The summed E-state index contributed by atoms with van der Waals surface area (Å²) in [5.41, 5.74) is 2.43. The smallest absolute Gasteiger partial charge is 0.383 e. The topological polar surface area (TPSA) is 69.2 Å². The number of carbonyl (C=O) groups excluding carboxylic acids is 2. The number of hydrogen-bond acceptors (Lipinski definition) is 5. The SMILES string of the molecule is O=C(OC(=O)C(F)(F)F)c1c(Cc2ccncc2)c(-c2ccccc2)nc2ccccc12. The molecule has 0 bridgehead atoms. The van der Waals surface area contributed by atoms with Gasteiger partial charge in [0.05, 0.1) is 16.8 Å². The Morgan fingerprint density at radius 2 is 1.53 bits per heavy atom. The van der Waals surface area contributed by atoms with Gasteiger partial charge in [-0.1, -0.05) is 48.5 Å². The molecule has 8 heteroatoms. The first-order valence-corrected chi connectivity index (χ1v) is 9.54. The van der Waals surface area contributed by atoms with Crippen molar-refractivity contribution in [2.24, 2.45) is 0 Å². The van der Waals surface area contributed by atoms with Crippen LogP contribution < -0.4 is 0 Å². The molecular formula is C24H15F3N2O3. The first kappa shape index (κ1) is 21.2. The molecule has 0 aliphatic rings. The number of hydrogen-bond donors (Lipinski definition) is 0. The summed E-state index contributed by atoms with van der Waals surface area (Å²) < 4.78 is 42.6. The van der Waals surface area contributed by atoms with E-state index >= 15 is 0 Å². The van der Waals surface area contributed by atoms with Crippen LogP contribution in [0.1, 0.15) is 21.5 Å². The summed E-state index contributed by atoms with van der Waals surface area (Å²) in [4.78, 5) is 33.0. The number of pyridine rings is 2. The Morgan fingerprint density at radius 3 is 2.22 bits per heavy atom. The Hall–Kier alpha value is -4.07. The fraction of sp³-hybridized carbons (Fsp3) is 0.0833. The van der Waals surface area contributed by atoms with Gasteiger partial charge in [0.15, 0.2) is 0 Å². The summed E-state index contributed by atoms with van der Waals surface area (Å²) in [6.07, 6.45) is -2.00. The summed E-state index contributed by atoms with van der Waals surface area (Å²) >= 11 is 0. The van der Waals surface area contributed by atoms with Crippen molar-refractivity contribution in [2.45, 2.75) is 12.6 Å². The standard InChI is InChI=1S/C24H15F3N2O3/c25-24(26,27)23(31)32-22(30)20-17-8-4-5-9-19(17)29-21(16-6-2-1-3-7-16)18(20)14-15-10-12-28-13-11-15/h1-13H,14H2. The molecule has 4 rings (SSSR count). The highest BCUT2D eigenvalue weighted by Crippen LogP contribution is 2.33. The minimum atomic E-state index is -5.30. The van der Waals surface area contributed by atoms with Crippen LogP contribution in [0.5, 0.6) is 0 Å². The summed E-state index contributed by atoms with van der Waals surface area (Å²) in [6.45, 7) is 0. The molecule has 2 aromatic carbocycles. The maximum atomic E-state index is 12.9. The monoisotopic (exact) mass is 436 g/mol. The molecule has 0 N–H and O–H groups in total. The number of esters is 2. The second-order valence-electron chi connectivity index (χ2n) is 6.90. The highest BCUT2D eigenvalue weighted by molar-refractivity contribution is 6.09. The Kier molecular flexibility index (Phi) is 5.68. The Morgan fingerprint density at radius 1 is 0.875 bits per heavy atom. The number of carbonyl (C=O) groups is 2. The van der Waals surface area contributed by atoms with Crippen LogP contribution in [0.3, 0.4) is 0 Å². The van der Waals surface area contributed by atoms with Gasteiger partial charge in [-0.15, -0.1) is 0 Å². The Balaban J connectivity index is 1.97. The first-order chi connectivity index (χ1) is 15.3. The van der Waals surface area contributed by atoms with Crippen molar-refractivity contribution >= 4 is 22.8 Å². The van der Waals surface area contributed by atoms with Gasteiger partial charge in [-0.25, -0.2) is 14.6 Å². The fourth-order valence-corrected chi connectivity index (χ4v) is 3.39. The van der Waals surface area contributed by atoms with E-state index in [9.17, 15) is 22.8 Å². The number of para-hydroxylation sites is 1. The zero-order valence-electron chi connectivity index (χ0n) is 16.5. The van der Waals surface area contributed by atoms with Gasteiger partial charge < -0.3 is 4.74 Å². The molecule has 0 saturated heterocycles. The molecule has 0 unspecified atom stereocenters. The van der Waals surface area contributed by atoms with Gasteiger partial charge in [0, 0.05) is 29.8 Å². The van der Waals surface area contributed by atoms with Gasteiger partial charge in [-0.05, 0) is 29.3 Å². The van der Waals surface area contributed by atoms with E-state index in [-0.39, 0.29) is 17.4 Å². The van der Waals surface area contributed by atoms with E-state index in [1.807, 2.05) is 6.07 Å². The average molecular weight is 436 g/mol. The van der Waals surface area contributed by atoms with Gasteiger partial charge in [0.2, 0.25) is 0 Å². The Bertz CT molecular complexity index is 1290. The second-order valence-corrected chi connectivity index (χ2v) is 6.90. The van der Waals surface area contributed by atoms with Crippen LogP contribution in [0.2, 0.25) is 0 Å². The molecule has 32 heavy (non-hydrogen) atoms. The number of ether oxygens (including phenoxy) is 1. The van der Waals surface area contributed by atoms with E-state index in [0.717, 1.165) is 5.56 Å². The van der Waals surface area contributed by atoms with Gasteiger partial charge in [0.25, 0.3) is 0 Å².